The lowest BCUT2D eigenvalue weighted by Gasteiger charge is -2.08. The van der Waals surface area contributed by atoms with E-state index in [2.05, 4.69) is 11.9 Å². The maximum absolute atomic E-state index is 11.1. The SMILES string of the molecule is C=CCC(N)C(=O)NCCSC. The smallest absolute Gasteiger partial charge is 0.237 e. The molecular formula is C8H16N2OS. The molecule has 0 aliphatic carbocycles. The van der Waals surface area contributed by atoms with Crippen LogP contribution in [-0.4, -0.2) is 30.5 Å². The van der Waals surface area contributed by atoms with Crippen LogP contribution in [0.5, 0.6) is 0 Å². The molecule has 0 bridgehead atoms. The van der Waals surface area contributed by atoms with Crippen molar-refractivity contribution in [2.75, 3.05) is 18.6 Å². The molecule has 0 spiro atoms. The van der Waals surface area contributed by atoms with Crippen molar-refractivity contribution < 1.29 is 4.79 Å². The van der Waals surface area contributed by atoms with Gasteiger partial charge >= 0.3 is 0 Å². The van der Waals surface area contributed by atoms with E-state index in [0.717, 1.165) is 5.75 Å². The minimum Gasteiger partial charge on any atom is -0.354 e. The standard InChI is InChI=1S/C8H16N2OS/c1-3-4-7(9)8(11)10-5-6-12-2/h3,7H,1,4-6,9H2,2H3,(H,10,11). The molecule has 0 heterocycles. The topological polar surface area (TPSA) is 55.1 Å². The van der Waals surface area contributed by atoms with Gasteiger partial charge in [0, 0.05) is 12.3 Å². The molecule has 0 aromatic rings. The van der Waals surface area contributed by atoms with E-state index in [-0.39, 0.29) is 5.91 Å². The quantitative estimate of drug-likeness (QED) is 0.468. The van der Waals surface area contributed by atoms with Crippen molar-refractivity contribution in [1.29, 1.82) is 0 Å². The van der Waals surface area contributed by atoms with Crippen molar-refractivity contribution in [3.63, 3.8) is 0 Å². The van der Waals surface area contributed by atoms with Crippen LogP contribution in [0, 0.1) is 0 Å². The van der Waals surface area contributed by atoms with Crippen LogP contribution in [0.3, 0.4) is 0 Å². The molecule has 0 saturated carbocycles. The van der Waals surface area contributed by atoms with Gasteiger partial charge in [-0.25, -0.2) is 0 Å². The fourth-order valence-corrected chi connectivity index (χ4v) is 1.00. The molecule has 3 N–H and O–H groups in total. The van der Waals surface area contributed by atoms with Crippen LogP contribution in [0.1, 0.15) is 6.42 Å². The Hall–Kier alpha value is -0.480. The van der Waals surface area contributed by atoms with Gasteiger partial charge in [-0.2, -0.15) is 11.8 Å². The third-order valence-electron chi connectivity index (χ3n) is 1.36. The van der Waals surface area contributed by atoms with Gasteiger partial charge < -0.3 is 11.1 Å². The maximum atomic E-state index is 11.1. The first-order valence-corrected chi connectivity index (χ1v) is 5.25. The lowest BCUT2D eigenvalue weighted by Crippen LogP contribution is -2.41. The average molecular weight is 188 g/mol. The van der Waals surface area contributed by atoms with E-state index in [1.165, 1.54) is 0 Å². The number of hydrogen-bond acceptors (Lipinski definition) is 3. The highest BCUT2D eigenvalue weighted by atomic mass is 32.2. The highest BCUT2D eigenvalue weighted by Gasteiger charge is 2.09. The number of thioether (sulfide) groups is 1. The van der Waals surface area contributed by atoms with Gasteiger partial charge in [-0.05, 0) is 12.7 Å². The van der Waals surface area contributed by atoms with Gasteiger partial charge in [0.25, 0.3) is 0 Å². The molecule has 0 aromatic carbocycles. The Balaban J connectivity index is 3.49. The lowest BCUT2D eigenvalue weighted by atomic mass is 10.2. The summed E-state index contributed by atoms with van der Waals surface area (Å²) < 4.78 is 0. The van der Waals surface area contributed by atoms with Crippen LogP contribution in [-0.2, 0) is 4.79 Å². The zero-order chi connectivity index (χ0) is 9.40. The van der Waals surface area contributed by atoms with Crippen molar-refractivity contribution in [2.24, 2.45) is 5.73 Å². The van der Waals surface area contributed by atoms with Gasteiger partial charge in [-0.15, -0.1) is 6.58 Å². The predicted molar refractivity (Wildman–Crippen MR) is 54.2 cm³/mol. The zero-order valence-electron chi connectivity index (χ0n) is 7.38. The van der Waals surface area contributed by atoms with E-state index in [1.54, 1.807) is 17.8 Å². The number of hydrogen-bond donors (Lipinski definition) is 2. The second kappa shape index (κ2) is 7.18. The summed E-state index contributed by atoms with van der Waals surface area (Å²) in [5, 5.41) is 2.74. The van der Waals surface area contributed by atoms with E-state index < -0.39 is 6.04 Å². The highest BCUT2D eigenvalue weighted by molar-refractivity contribution is 7.98. The summed E-state index contributed by atoms with van der Waals surface area (Å²) in [7, 11) is 0. The molecule has 0 aromatic heterocycles. The average Bonchev–Trinajstić information content (AvgIpc) is 2.05. The number of carbonyl (C=O) groups excluding carboxylic acids is 1. The molecule has 1 unspecified atom stereocenters. The monoisotopic (exact) mass is 188 g/mol. The van der Waals surface area contributed by atoms with Gasteiger partial charge in [0.2, 0.25) is 5.91 Å². The summed E-state index contributed by atoms with van der Waals surface area (Å²) >= 11 is 1.69. The Bertz CT molecular complexity index is 150. The summed E-state index contributed by atoms with van der Waals surface area (Å²) in [4.78, 5) is 11.1. The van der Waals surface area contributed by atoms with Gasteiger partial charge in [0.1, 0.15) is 0 Å². The number of nitrogens with two attached hydrogens (primary N) is 1. The number of amides is 1. The molecule has 0 rings (SSSR count). The molecule has 0 aliphatic rings. The van der Waals surface area contributed by atoms with Crippen LogP contribution in [0.2, 0.25) is 0 Å². The fourth-order valence-electron chi connectivity index (χ4n) is 0.694. The van der Waals surface area contributed by atoms with Crippen molar-refractivity contribution in [3.8, 4) is 0 Å². The van der Waals surface area contributed by atoms with Gasteiger partial charge in [0.05, 0.1) is 6.04 Å². The van der Waals surface area contributed by atoms with Gasteiger partial charge in [-0.3, -0.25) is 4.79 Å². The summed E-state index contributed by atoms with van der Waals surface area (Å²) in [6.45, 7) is 4.20. The maximum Gasteiger partial charge on any atom is 0.237 e. The molecule has 0 fully saturated rings. The number of rotatable bonds is 6. The minimum atomic E-state index is -0.440. The molecule has 0 saturated heterocycles. The van der Waals surface area contributed by atoms with Gasteiger partial charge in [-0.1, -0.05) is 6.08 Å². The highest BCUT2D eigenvalue weighted by Crippen LogP contribution is 1.90. The van der Waals surface area contributed by atoms with Crippen LogP contribution >= 0.6 is 11.8 Å². The summed E-state index contributed by atoms with van der Waals surface area (Å²) in [5.41, 5.74) is 5.52. The Morgan fingerprint density at radius 1 is 1.83 bits per heavy atom. The van der Waals surface area contributed by atoms with E-state index in [4.69, 9.17) is 5.73 Å². The Morgan fingerprint density at radius 2 is 2.50 bits per heavy atom. The Morgan fingerprint density at radius 3 is 3.00 bits per heavy atom. The van der Waals surface area contributed by atoms with E-state index in [9.17, 15) is 4.79 Å². The summed E-state index contributed by atoms with van der Waals surface area (Å²) in [5.74, 6) is 0.830. The summed E-state index contributed by atoms with van der Waals surface area (Å²) in [6, 6.07) is -0.440. The fraction of sp³-hybridized carbons (Fsp3) is 0.625. The first-order valence-electron chi connectivity index (χ1n) is 3.85. The van der Waals surface area contributed by atoms with E-state index >= 15 is 0 Å². The second-order valence-corrected chi connectivity index (χ2v) is 3.40. The van der Waals surface area contributed by atoms with E-state index in [0.29, 0.717) is 13.0 Å². The molecule has 0 aliphatic heterocycles. The molecule has 1 amide bonds. The molecular weight excluding hydrogens is 172 g/mol. The summed E-state index contributed by atoms with van der Waals surface area (Å²) in [6.07, 6.45) is 4.18. The zero-order valence-corrected chi connectivity index (χ0v) is 8.19. The first-order chi connectivity index (χ1) is 5.72. The molecule has 3 nitrogen and oxygen atoms in total. The van der Waals surface area contributed by atoms with E-state index in [1.807, 2.05) is 6.26 Å². The van der Waals surface area contributed by atoms with Crippen LogP contribution in [0.25, 0.3) is 0 Å². The number of nitrogens with one attached hydrogen (secondary N) is 1. The minimum absolute atomic E-state index is 0.0936. The molecule has 12 heavy (non-hydrogen) atoms. The van der Waals surface area contributed by atoms with Crippen LogP contribution in [0.4, 0.5) is 0 Å². The lowest BCUT2D eigenvalue weighted by molar-refractivity contribution is -0.122. The first kappa shape index (κ1) is 11.5. The van der Waals surface area contributed by atoms with Crippen LogP contribution < -0.4 is 11.1 Å². The van der Waals surface area contributed by atoms with Crippen molar-refractivity contribution in [1.82, 2.24) is 5.32 Å². The second-order valence-electron chi connectivity index (χ2n) is 2.41. The van der Waals surface area contributed by atoms with Crippen molar-refractivity contribution >= 4 is 17.7 Å². The molecule has 1 atom stereocenters. The molecule has 4 heteroatoms. The normalized spacial score (nSPS) is 12.2. The number of carbonyl (C=O) groups is 1. The molecule has 0 radical (unpaired) electrons. The van der Waals surface area contributed by atoms with Gasteiger partial charge in [0.15, 0.2) is 0 Å². The van der Waals surface area contributed by atoms with Crippen LogP contribution in [0.15, 0.2) is 12.7 Å². The third kappa shape index (κ3) is 5.21. The van der Waals surface area contributed by atoms with Crippen molar-refractivity contribution in [2.45, 2.75) is 12.5 Å². The Labute approximate surface area is 77.8 Å². The molecule has 70 valence electrons. The largest absolute Gasteiger partial charge is 0.354 e. The Kier molecular flexibility index (Phi) is 6.90. The third-order valence-corrected chi connectivity index (χ3v) is 1.98. The van der Waals surface area contributed by atoms with Crippen molar-refractivity contribution in [3.05, 3.63) is 12.7 Å². The predicted octanol–water partition coefficient (Wildman–Crippen LogP) is 0.369.